The van der Waals surface area contributed by atoms with E-state index in [2.05, 4.69) is 40.1 Å². The number of halogens is 2. The van der Waals surface area contributed by atoms with Crippen LogP contribution in [-0.2, 0) is 4.79 Å². The van der Waals surface area contributed by atoms with Crippen molar-refractivity contribution in [3.63, 3.8) is 0 Å². The topological polar surface area (TPSA) is 39.2 Å². The zero-order valence-corrected chi connectivity index (χ0v) is 21.2. The predicted octanol–water partition coefficient (Wildman–Crippen LogP) is 5.16. The molecule has 0 unspecified atom stereocenters. The third-order valence-electron chi connectivity index (χ3n) is 6.57. The van der Waals surface area contributed by atoms with Crippen LogP contribution in [0.1, 0.15) is 17.5 Å². The number of fused-ring (bicyclic) bond motifs is 1. The van der Waals surface area contributed by atoms with E-state index in [1.54, 1.807) is 0 Å². The molecule has 2 aliphatic heterocycles. The fraction of sp³-hybridized carbons (Fsp3) is 0.286. The molecular weight excluding hydrogens is 479 g/mol. The summed E-state index contributed by atoms with van der Waals surface area (Å²) in [6.45, 7) is 5.93. The van der Waals surface area contributed by atoms with Gasteiger partial charge in [-0.1, -0.05) is 60.1 Å². The number of aliphatic imine (C=N–C) groups is 1. The highest BCUT2D eigenvalue weighted by Crippen LogP contribution is 2.30. The van der Waals surface area contributed by atoms with Crippen molar-refractivity contribution in [1.29, 1.82) is 0 Å². The summed E-state index contributed by atoms with van der Waals surface area (Å²) in [5, 5.41) is 0.646. The summed E-state index contributed by atoms with van der Waals surface area (Å²) in [7, 11) is 0. The van der Waals surface area contributed by atoms with Crippen molar-refractivity contribution < 1.29 is 4.79 Å². The van der Waals surface area contributed by atoms with E-state index in [1.807, 2.05) is 53.4 Å². The summed E-state index contributed by atoms with van der Waals surface area (Å²) in [5.74, 6) is 0.0309. The minimum Gasteiger partial charge on any atom is -0.369 e. The number of hydrogen-bond donors (Lipinski definition) is 0. The Morgan fingerprint density at radius 1 is 0.829 bits per heavy atom. The van der Waals surface area contributed by atoms with E-state index in [1.165, 1.54) is 5.69 Å². The number of benzodiazepines with no additional fused rings is 1. The van der Waals surface area contributed by atoms with Crippen molar-refractivity contribution in [1.82, 2.24) is 4.90 Å². The van der Waals surface area contributed by atoms with Crippen LogP contribution in [0.3, 0.4) is 0 Å². The van der Waals surface area contributed by atoms with Gasteiger partial charge in [-0.3, -0.25) is 14.7 Å². The number of benzene rings is 3. The SMILES string of the molecule is Cl.O=C1CN=C(c2ccccc2)c2cc(Cl)ccc2N1CCCN1CCN(c2ccccc2)CC1. The Morgan fingerprint density at radius 2 is 1.51 bits per heavy atom. The molecule has 0 radical (unpaired) electrons. The lowest BCUT2D eigenvalue weighted by molar-refractivity contribution is -0.117. The van der Waals surface area contributed by atoms with Crippen molar-refractivity contribution in [2.24, 2.45) is 4.99 Å². The number of nitrogens with zero attached hydrogens (tertiary/aromatic N) is 4. The molecule has 0 spiro atoms. The van der Waals surface area contributed by atoms with Crippen LogP contribution < -0.4 is 9.80 Å². The van der Waals surface area contributed by atoms with Gasteiger partial charge in [-0.15, -0.1) is 12.4 Å². The number of anilines is 2. The molecule has 7 heteroatoms. The Kier molecular flexibility index (Phi) is 8.45. The number of hydrogen-bond acceptors (Lipinski definition) is 4. The van der Waals surface area contributed by atoms with Crippen molar-refractivity contribution in [3.05, 3.63) is 95.0 Å². The maximum absolute atomic E-state index is 13.1. The van der Waals surface area contributed by atoms with Crippen molar-refractivity contribution >= 4 is 47.0 Å². The normalized spacial score (nSPS) is 16.3. The van der Waals surface area contributed by atoms with Gasteiger partial charge in [0.1, 0.15) is 6.54 Å². The molecule has 2 aliphatic rings. The maximum Gasteiger partial charge on any atom is 0.248 e. The van der Waals surface area contributed by atoms with Gasteiger partial charge in [-0.25, -0.2) is 0 Å². The number of piperazine rings is 1. The highest BCUT2D eigenvalue weighted by molar-refractivity contribution is 6.32. The summed E-state index contributed by atoms with van der Waals surface area (Å²) in [6.07, 6.45) is 0.916. The second-order valence-electron chi connectivity index (χ2n) is 8.76. The van der Waals surface area contributed by atoms with E-state index < -0.39 is 0 Å². The standard InChI is InChI=1S/C28H29ClN4O.ClH/c29-23-12-13-26-25(20-23)28(22-8-3-1-4-9-22)30-21-27(34)33(26)15-7-14-31-16-18-32(19-17-31)24-10-5-2-6-11-24;/h1-6,8-13,20H,7,14-19,21H2;1H. The van der Waals surface area contributed by atoms with Crippen LogP contribution in [-0.4, -0.2) is 62.3 Å². The Morgan fingerprint density at radius 3 is 2.23 bits per heavy atom. The van der Waals surface area contributed by atoms with Crippen LogP contribution in [0, 0.1) is 0 Å². The highest BCUT2D eigenvalue weighted by atomic mass is 35.5. The number of para-hydroxylation sites is 1. The second kappa shape index (κ2) is 11.7. The molecule has 182 valence electrons. The molecule has 1 amide bonds. The van der Waals surface area contributed by atoms with Crippen molar-refractivity contribution in [3.8, 4) is 0 Å². The summed E-state index contributed by atoms with van der Waals surface area (Å²) in [4.78, 5) is 24.6. The quantitative estimate of drug-likeness (QED) is 0.461. The summed E-state index contributed by atoms with van der Waals surface area (Å²) < 4.78 is 0. The van der Waals surface area contributed by atoms with Gasteiger partial charge in [-0.2, -0.15) is 0 Å². The lowest BCUT2D eigenvalue weighted by Gasteiger charge is -2.36. The first-order valence-electron chi connectivity index (χ1n) is 11.9. The first-order valence-corrected chi connectivity index (χ1v) is 12.3. The van der Waals surface area contributed by atoms with E-state index >= 15 is 0 Å². The molecular formula is C28H30Cl2N4O. The lowest BCUT2D eigenvalue weighted by Crippen LogP contribution is -2.47. The molecule has 0 aliphatic carbocycles. The molecule has 0 atom stereocenters. The number of carbonyl (C=O) groups excluding carboxylic acids is 1. The molecule has 2 heterocycles. The zero-order chi connectivity index (χ0) is 23.3. The molecule has 5 nitrogen and oxygen atoms in total. The van der Waals surface area contributed by atoms with Crippen molar-refractivity contribution in [2.45, 2.75) is 6.42 Å². The number of amides is 1. The van der Waals surface area contributed by atoms with Gasteiger partial charge >= 0.3 is 0 Å². The Bertz CT molecular complexity index is 1160. The first-order chi connectivity index (χ1) is 16.7. The fourth-order valence-electron chi connectivity index (χ4n) is 4.79. The van der Waals surface area contributed by atoms with Gasteiger partial charge in [0.15, 0.2) is 0 Å². The number of carbonyl (C=O) groups is 1. The van der Waals surface area contributed by atoms with Gasteiger partial charge < -0.3 is 9.80 Å². The molecule has 3 aromatic rings. The van der Waals surface area contributed by atoms with E-state index in [9.17, 15) is 4.79 Å². The second-order valence-corrected chi connectivity index (χ2v) is 9.19. The Balaban J connectivity index is 0.00000289. The van der Waals surface area contributed by atoms with Gasteiger partial charge in [0.2, 0.25) is 5.91 Å². The smallest absolute Gasteiger partial charge is 0.248 e. The lowest BCUT2D eigenvalue weighted by atomic mass is 10.00. The third kappa shape index (κ3) is 5.87. The van der Waals surface area contributed by atoms with E-state index in [0.717, 1.165) is 61.7 Å². The Labute approximate surface area is 218 Å². The zero-order valence-electron chi connectivity index (χ0n) is 19.6. The van der Waals surface area contributed by atoms with Crippen LogP contribution >= 0.6 is 24.0 Å². The third-order valence-corrected chi connectivity index (χ3v) is 6.81. The average Bonchev–Trinajstić information content (AvgIpc) is 3.01. The van der Waals surface area contributed by atoms with Crippen LogP contribution in [0.15, 0.2) is 83.9 Å². The molecule has 1 fully saturated rings. The summed E-state index contributed by atoms with van der Waals surface area (Å²) in [6, 6.07) is 26.4. The van der Waals surface area contributed by atoms with Crippen LogP contribution in [0.25, 0.3) is 0 Å². The molecule has 3 aromatic carbocycles. The van der Waals surface area contributed by atoms with E-state index in [-0.39, 0.29) is 24.9 Å². The monoisotopic (exact) mass is 508 g/mol. The predicted molar refractivity (Wildman–Crippen MR) is 148 cm³/mol. The average molecular weight is 509 g/mol. The van der Waals surface area contributed by atoms with Crippen LogP contribution in [0.2, 0.25) is 5.02 Å². The molecule has 1 saturated heterocycles. The van der Waals surface area contributed by atoms with Gasteiger partial charge in [0.25, 0.3) is 0 Å². The molecule has 5 rings (SSSR count). The van der Waals surface area contributed by atoms with E-state index in [4.69, 9.17) is 16.6 Å². The minimum absolute atomic E-state index is 0. The molecule has 0 bridgehead atoms. The van der Waals surface area contributed by atoms with Crippen molar-refractivity contribution in [2.75, 3.05) is 55.6 Å². The molecule has 0 aromatic heterocycles. The maximum atomic E-state index is 13.1. The Hall–Kier alpha value is -2.86. The van der Waals surface area contributed by atoms with Gasteiger partial charge in [0, 0.05) is 54.6 Å². The molecule has 0 saturated carbocycles. The first kappa shape index (κ1) is 25.2. The number of rotatable bonds is 6. The summed E-state index contributed by atoms with van der Waals surface area (Å²) >= 11 is 6.36. The molecule has 0 N–H and O–H groups in total. The van der Waals surface area contributed by atoms with Gasteiger partial charge in [-0.05, 0) is 43.3 Å². The van der Waals surface area contributed by atoms with Crippen LogP contribution in [0.4, 0.5) is 11.4 Å². The largest absolute Gasteiger partial charge is 0.369 e. The van der Waals surface area contributed by atoms with Crippen LogP contribution in [0.5, 0.6) is 0 Å². The molecule has 35 heavy (non-hydrogen) atoms. The van der Waals surface area contributed by atoms with E-state index in [0.29, 0.717) is 11.6 Å². The fourth-order valence-corrected chi connectivity index (χ4v) is 4.97. The minimum atomic E-state index is 0. The summed E-state index contributed by atoms with van der Waals surface area (Å²) in [5.41, 5.74) is 4.93. The highest BCUT2D eigenvalue weighted by Gasteiger charge is 2.25. The van der Waals surface area contributed by atoms with Gasteiger partial charge in [0.05, 0.1) is 11.4 Å².